The minimum absolute atomic E-state index is 0.114. The number of hydrogen-bond donors (Lipinski definition) is 1. The molecular weight excluding hydrogens is 226 g/mol. The van der Waals surface area contributed by atoms with Crippen molar-refractivity contribution in [1.29, 1.82) is 0 Å². The zero-order chi connectivity index (χ0) is 13.0. The highest BCUT2D eigenvalue weighted by atomic mass is 16.7. The second-order valence-electron chi connectivity index (χ2n) is 4.12. The SMILES string of the molecule is CCOC(=O)[C@H]1O[C@@H](OC(C)C)NC(=O)[C@H]1C. The topological polar surface area (TPSA) is 73.9 Å². The smallest absolute Gasteiger partial charge is 0.336 e. The molecule has 1 aliphatic heterocycles. The van der Waals surface area contributed by atoms with Gasteiger partial charge in [-0.2, -0.15) is 0 Å². The third kappa shape index (κ3) is 3.67. The van der Waals surface area contributed by atoms with Gasteiger partial charge in [0, 0.05) is 0 Å². The number of esters is 1. The molecule has 0 aromatic heterocycles. The van der Waals surface area contributed by atoms with Gasteiger partial charge in [0.15, 0.2) is 6.10 Å². The van der Waals surface area contributed by atoms with E-state index in [1.807, 2.05) is 13.8 Å². The normalized spacial score (nSPS) is 29.0. The lowest BCUT2D eigenvalue weighted by Crippen LogP contribution is -2.56. The molecule has 6 heteroatoms. The number of nitrogens with one attached hydrogen (secondary N) is 1. The van der Waals surface area contributed by atoms with Crippen LogP contribution in [0.1, 0.15) is 27.7 Å². The lowest BCUT2D eigenvalue weighted by molar-refractivity contribution is -0.236. The van der Waals surface area contributed by atoms with Crippen molar-refractivity contribution in [3.05, 3.63) is 0 Å². The Balaban J connectivity index is 2.67. The fourth-order valence-electron chi connectivity index (χ4n) is 1.47. The molecular formula is C11H19NO5. The molecule has 1 heterocycles. The molecule has 1 N–H and O–H groups in total. The van der Waals surface area contributed by atoms with Gasteiger partial charge in [0.25, 0.3) is 0 Å². The molecule has 1 amide bonds. The lowest BCUT2D eigenvalue weighted by atomic mass is 10.0. The summed E-state index contributed by atoms with van der Waals surface area (Å²) < 4.78 is 15.5. The van der Waals surface area contributed by atoms with Crippen LogP contribution < -0.4 is 5.32 Å². The standard InChI is InChI=1S/C11H19NO5/c1-5-15-10(14)8-7(4)9(13)12-11(17-8)16-6(2)3/h6-8,11H,5H2,1-4H3,(H,12,13)/t7-,8-,11+/m0/s1. The fraction of sp³-hybridized carbons (Fsp3) is 0.818. The van der Waals surface area contributed by atoms with Crippen molar-refractivity contribution in [2.24, 2.45) is 5.92 Å². The molecule has 1 aliphatic rings. The highest BCUT2D eigenvalue weighted by molar-refractivity contribution is 5.87. The summed E-state index contributed by atoms with van der Waals surface area (Å²) in [4.78, 5) is 23.2. The van der Waals surface area contributed by atoms with Crippen LogP contribution in [0.3, 0.4) is 0 Å². The molecule has 0 saturated carbocycles. The predicted molar refractivity (Wildman–Crippen MR) is 58.8 cm³/mol. The number of rotatable bonds is 4. The Morgan fingerprint density at radius 1 is 1.53 bits per heavy atom. The van der Waals surface area contributed by atoms with Crippen molar-refractivity contribution < 1.29 is 23.8 Å². The first kappa shape index (κ1) is 13.9. The predicted octanol–water partition coefficient (Wildman–Crippen LogP) is 0.409. The van der Waals surface area contributed by atoms with Crippen LogP contribution in [0.4, 0.5) is 0 Å². The Bertz CT molecular complexity index is 292. The molecule has 3 atom stereocenters. The van der Waals surface area contributed by atoms with Gasteiger partial charge in [-0.25, -0.2) is 4.79 Å². The number of amides is 1. The van der Waals surface area contributed by atoms with E-state index in [0.717, 1.165) is 0 Å². The molecule has 0 aromatic rings. The first-order chi connectivity index (χ1) is 7.95. The Hall–Kier alpha value is -1.14. The zero-order valence-corrected chi connectivity index (χ0v) is 10.6. The molecule has 0 unspecified atom stereocenters. The minimum Gasteiger partial charge on any atom is -0.464 e. The summed E-state index contributed by atoms with van der Waals surface area (Å²) in [6.45, 7) is 7.19. The maximum Gasteiger partial charge on any atom is 0.336 e. The second-order valence-corrected chi connectivity index (χ2v) is 4.12. The lowest BCUT2D eigenvalue weighted by Gasteiger charge is -2.33. The van der Waals surface area contributed by atoms with Crippen LogP contribution in [-0.4, -0.2) is 37.1 Å². The van der Waals surface area contributed by atoms with Crippen molar-refractivity contribution in [3.8, 4) is 0 Å². The van der Waals surface area contributed by atoms with Crippen molar-refractivity contribution >= 4 is 11.9 Å². The van der Waals surface area contributed by atoms with E-state index < -0.39 is 24.4 Å². The van der Waals surface area contributed by atoms with E-state index in [4.69, 9.17) is 14.2 Å². The highest BCUT2D eigenvalue weighted by Crippen LogP contribution is 2.18. The first-order valence-corrected chi connectivity index (χ1v) is 5.73. The average molecular weight is 245 g/mol. The summed E-state index contributed by atoms with van der Waals surface area (Å²) >= 11 is 0. The molecule has 0 radical (unpaired) electrons. The van der Waals surface area contributed by atoms with Crippen molar-refractivity contribution in [2.45, 2.75) is 46.3 Å². The Kier molecular flexibility index (Phi) is 4.89. The summed E-state index contributed by atoms with van der Waals surface area (Å²) in [7, 11) is 0. The largest absolute Gasteiger partial charge is 0.464 e. The first-order valence-electron chi connectivity index (χ1n) is 5.73. The van der Waals surface area contributed by atoms with Crippen LogP contribution in [0, 0.1) is 5.92 Å². The Morgan fingerprint density at radius 2 is 2.18 bits per heavy atom. The quantitative estimate of drug-likeness (QED) is 0.726. The molecule has 17 heavy (non-hydrogen) atoms. The van der Waals surface area contributed by atoms with Crippen LogP contribution in [0.25, 0.3) is 0 Å². The van der Waals surface area contributed by atoms with E-state index in [9.17, 15) is 9.59 Å². The molecule has 0 aromatic carbocycles. The zero-order valence-electron chi connectivity index (χ0n) is 10.6. The van der Waals surface area contributed by atoms with Crippen molar-refractivity contribution in [2.75, 3.05) is 6.61 Å². The van der Waals surface area contributed by atoms with E-state index in [1.165, 1.54) is 0 Å². The van der Waals surface area contributed by atoms with Crippen LogP contribution in [0.15, 0.2) is 0 Å². The van der Waals surface area contributed by atoms with Gasteiger partial charge >= 0.3 is 5.97 Å². The molecule has 0 spiro atoms. The number of carbonyl (C=O) groups is 2. The van der Waals surface area contributed by atoms with Crippen LogP contribution >= 0.6 is 0 Å². The summed E-state index contributed by atoms with van der Waals surface area (Å²) in [5.74, 6) is -1.40. The maximum atomic E-state index is 11.6. The summed E-state index contributed by atoms with van der Waals surface area (Å²) in [5, 5.41) is 2.53. The maximum absolute atomic E-state index is 11.6. The Labute approximate surface area is 101 Å². The summed E-state index contributed by atoms with van der Waals surface area (Å²) in [6.07, 6.45) is -1.92. The average Bonchev–Trinajstić information content (AvgIpc) is 2.22. The van der Waals surface area contributed by atoms with E-state index in [2.05, 4.69) is 5.32 Å². The summed E-state index contributed by atoms with van der Waals surface area (Å²) in [6, 6.07) is 0. The molecule has 98 valence electrons. The van der Waals surface area contributed by atoms with Gasteiger partial charge in [0.1, 0.15) is 0 Å². The second kappa shape index (κ2) is 5.97. The summed E-state index contributed by atoms with van der Waals surface area (Å²) in [5.41, 5.74) is 0. The molecule has 0 aliphatic carbocycles. The molecule has 6 nitrogen and oxygen atoms in total. The fourth-order valence-corrected chi connectivity index (χ4v) is 1.47. The third-order valence-electron chi connectivity index (χ3n) is 2.31. The molecule has 1 fully saturated rings. The van der Waals surface area contributed by atoms with Crippen molar-refractivity contribution in [3.63, 3.8) is 0 Å². The molecule has 1 rings (SSSR count). The number of hydrogen-bond acceptors (Lipinski definition) is 5. The van der Waals surface area contributed by atoms with Gasteiger partial charge in [0.05, 0.1) is 18.6 Å². The number of carbonyl (C=O) groups excluding carboxylic acids is 2. The van der Waals surface area contributed by atoms with Gasteiger partial charge in [-0.3, -0.25) is 4.79 Å². The number of ether oxygens (including phenoxy) is 3. The Morgan fingerprint density at radius 3 is 2.71 bits per heavy atom. The van der Waals surface area contributed by atoms with Gasteiger partial charge in [-0.05, 0) is 20.8 Å². The van der Waals surface area contributed by atoms with E-state index in [1.54, 1.807) is 13.8 Å². The van der Waals surface area contributed by atoms with Crippen LogP contribution in [0.5, 0.6) is 0 Å². The van der Waals surface area contributed by atoms with E-state index in [0.29, 0.717) is 0 Å². The third-order valence-corrected chi connectivity index (χ3v) is 2.31. The van der Waals surface area contributed by atoms with E-state index >= 15 is 0 Å². The molecule has 1 saturated heterocycles. The van der Waals surface area contributed by atoms with Crippen molar-refractivity contribution in [1.82, 2.24) is 5.32 Å². The molecule has 0 bridgehead atoms. The highest BCUT2D eigenvalue weighted by Gasteiger charge is 2.40. The minimum atomic E-state index is -0.910. The van der Waals surface area contributed by atoms with Gasteiger partial charge in [0.2, 0.25) is 12.3 Å². The van der Waals surface area contributed by atoms with Crippen LogP contribution in [-0.2, 0) is 23.8 Å². The monoisotopic (exact) mass is 245 g/mol. The van der Waals surface area contributed by atoms with Gasteiger partial charge in [-0.1, -0.05) is 6.92 Å². The van der Waals surface area contributed by atoms with Gasteiger partial charge in [-0.15, -0.1) is 0 Å². The van der Waals surface area contributed by atoms with E-state index in [-0.39, 0.29) is 18.6 Å². The van der Waals surface area contributed by atoms with Crippen LogP contribution in [0.2, 0.25) is 0 Å². The van der Waals surface area contributed by atoms with Gasteiger partial charge < -0.3 is 19.5 Å².